The fourth-order valence-corrected chi connectivity index (χ4v) is 4.50. The minimum absolute atomic E-state index is 0.141. The van der Waals surface area contributed by atoms with Gasteiger partial charge in [0.05, 0.1) is 22.7 Å². The molecule has 0 saturated heterocycles. The summed E-state index contributed by atoms with van der Waals surface area (Å²) in [5.74, 6) is 0.363. The van der Waals surface area contributed by atoms with E-state index in [2.05, 4.69) is 16.9 Å². The molecule has 1 atom stereocenters. The number of benzene rings is 1. The van der Waals surface area contributed by atoms with E-state index in [4.69, 9.17) is 5.10 Å². The van der Waals surface area contributed by atoms with Gasteiger partial charge in [0.25, 0.3) is 17.0 Å². The van der Waals surface area contributed by atoms with Gasteiger partial charge in [0.2, 0.25) is 5.91 Å². The molecule has 0 aliphatic carbocycles. The largest absolute Gasteiger partial charge is 0.854 e. The topological polar surface area (TPSA) is 85.9 Å². The van der Waals surface area contributed by atoms with Crippen LogP contribution in [0.2, 0.25) is 0 Å². The van der Waals surface area contributed by atoms with Crippen molar-refractivity contribution < 1.29 is 14.6 Å². The second-order valence-corrected chi connectivity index (χ2v) is 8.18. The number of fused-ring (bicyclic) bond motifs is 3. The Morgan fingerprint density at radius 1 is 1.23 bits per heavy atom. The van der Waals surface area contributed by atoms with Crippen molar-refractivity contribution in [2.24, 2.45) is 0 Å². The van der Waals surface area contributed by atoms with Crippen LogP contribution in [0.4, 0.5) is 5.69 Å². The van der Waals surface area contributed by atoms with Gasteiger partial charge in [-0.05, 0) is 30.7 Å². The van der Waals surface area contributed by atoms with E-state index in [1.165, 1.54) is 18.7 Å². The second kappa shape index (κ2) is 8.79. The fourth-order valence-electron chi connectivity index (χ4n) is 3.68. The zero-order valence-corrected chi connectivity index (χ0v) is 17.8. The van der Waals surface area contributed by atoms with Gasteiger partial charge in [-0.1, -0.05) is 48.3 Å². The highest BCUT2D eigenvalue weighted by Gasteiger charge is 2.43. The van der Waals surface area contributed by atoms with Crippen molar-refractivity contribution in [3.05, 3.63) is 54.4 Å². The lowest BCUT2D eigenvalue weighted by atomic mass is 10.0. The Morgan fingerprint density at radius 2 is 2.07 bits per heavy atom. The Bertz CT molecular complexity index is 1060. The van der Waals surface area contributed by atoms with Crippen molar-refractivity contribution in [1.82, 2.24) is 15.1 Å². The summed E-state index contributed by atoms with van der Waals surface area (Å²) in [5, 5.41) is 18.2. The number of thioether (sulfide) groups is 1. The standard InChI is InChI=1S/C22H23N5O2S/c1-3-4-7-13-30-22-24-20(29)19-17-10-5-6-11-18(17)26(15(2)28)21(27(19)25-22)16-9-8-12-23-14-16/h5-6,8-12,14,21H,3-4,7,13H2,1-2H3. The minimum Gasteiger partial charge on any atom is -0.854 e. The zero-order chi connectivity index (χ0) is 21.1. The fraction of sp³-hybridized carbons (Fsp3) is 0.318. The first-order valence-corrected chi connectivity index (χ1v) is 11.0. The van der Waals surface area contributed by atoms with Gasteiger partial charge in [-0.2, -0.15) is 0 Å². The predicted octanol–water partition coefficient (Wildman–Crippen LogP) is 3.10. The Kier molecular flexibility index (Phi) is 5.94. The van der Waals surface area contributed by atoms with Gasteiger partial charge in [-0.15, -0.1) is 0 Å². The summed E-state index contributed by atoms with van der Waals surface area (Å²) in [6.45, 7) is 3.67. The van der Waals surface area contributed by atoms with Gasteiger partial charge >= 0.3 is 0 Å². The molecule has 0 N–H and O–H groups in total. The van der Waals surface area contributed by atoms with Crippen LogP contribution in [0, 0.1) is 0 Å². The molecule has 3 aromatic rings. The maximum atomic E-state index is 13.1. The van der Waals surface area contributed by atoms with Gasteiger partial charge in [-0.3, -0.25) is 9.78 Å². The van der Waals surface area contributed by atoms with Crippen molar-refractivity contribution >= 4 is 23.4 Å². The number of aromatic nitrogens is 4. The summed E-state index contributed by atoms with van der Waals surface area (Å²) in [5.41, 5.74) is 2.48. The molecular formula is C22H23N5O2S. The van der Waals surface area contributed by atoms with E-state index in [0.29, 0.717) is 22.1 Å². The molecule has 1 aliphatic rings. The highest BCUT2D eigenvalue weighted by Crippen LogP contribution is 2.40. The van der Waals surface area contributed by atoms with Crippen molar-refractivity contribution in [2.75, 3.05) is 10.7 Å². The van der Waals surface area contributed by atoms with E-state index in [-0.39, 0.29) is 11.8 Å². The van der Waals surface area contributed by atoms with Crippen LogP contribution in [-0.4, -0.2) is 26.7 Å². The van der Waals surface area contributed by atoms with E-state index >= 15 is 0 Å². The lowest BCUT2D eigenvalue weighted by Crippen LogP contribution is -2.58. The number of hydrogen-bond donors (Lipinski definition) is 0. The molecule has 1 unspecified atom stereocenters. The molecule has 3 heterocycles. The highest BCUT2D eigenvalue weighted by atomic mass is 32.2. The molecule has 8 heteroatoms. The smallest absolute Gasteiger partial charge is 0.294 e. The van der Waals surface area contributed by atoms with Crippen LogP contribution in [0.25, 0.3) is 11.3 Å². The molecule has 1 aromatic carbocycles. The molecule has 0 fully saturated rings. The van der Waals surface area contributed by atoms with E-state index in [1.54, 1.807) is 22.0 Å². The quantitative estimate of drug-likeness (QED) is 0.345. The highest BCUT2D eigenvalue weighted by molar-refractivity contribution is 7.99. The molecule has 154 valence electrons. The van der Waals surface area contributed by atoms with E-state index in [9.17, 15) is 9.90 Å². The predicted molar refractivity (Wildman–Crippen MR) is 113 cm³/mol. The molecule has 0 radical (unpaired) electrons. The number of para-hydroxylation sites is 1. The lowest BCUT2D eigenvalue weighted by molar-refractivity contribution is -0.764. The first-order valence-electron chi connectivity index (χ1n) is 10.0. The first-order chi connectivity index (χ1) is 14.6. The number of pyridine rings is 1. The Hall–Kier alpha value is -3.00. The summed E-state index contributed by atoms with van der Waals surface area (Å²) in [7, 11) is 0. The summed E-state index contributed by atoms with van der Waals surface area (Å²) in [6.07, 6.45) is 6.06. The zero-order valence-electron chi connectivity index (χ0n) is 17.0. The average Bonchev–Trinajstić information content (AvgIpc) is 2.76. The SMILES string of the molecule is CCCCCSc1nc([O-])c2[n+](n1)C(c1cccnc1)N(C(C)=O)c1ccccc1-2. The van der Waals surface area contributed by atoms with Gasteiger partial charge < -0.3 is 5.11 Å². The number of carbonyl (C=O) groups excluding carboxylic acids is 1. The van der Waals surface area contributed by atoms with E-state index in [0.717, 1.165) is 30.6 Å². The third kappa shape index (κ3) is 3.75. The molecule has 1 aliphatic heterocycles. The maximum absolute atomic E-state index is 13.1. The van der Waals surface area contributed by atoms with Crippen LogP contribution in [0.3, 0.4) is 0 Å². The number of rotatable bonds is 6. The number of amides is 1. The molecule has 0 saturated carbocycles. The molecule has 4 rings (SSSR count). The Balaban J connectivity index is 1.89. The summed E-state index contributed by atoms with van der Waals surface area (Å²) >= 11 is 1.47. The molecule has 30 heavy (non-hydrogen) atoms. The Labute approximate surface area is 179 Å². The number of unbranched alkanes of at least 4 members (excludes halogenated alkanes) is 2. The maximum Gasteiger partial charge on any atom is 0.294 e. The summed E-state index contributed by atoms with van der Waals surface area (Å²) < 4.78 is 1.64. The van der Waals surface area contributed by atoms with Crippen molar-refractivity contribution in [2.45, 2.75) is 44.4 Å². The van der Waals surface area contributed by atoms with Crippen molar-refractivity contribution in [3.8, 4) is 17.1 Å². The number of nitrogens with zero attached hydrogens (tertiary/aromatic N) is 5. The van der Waals surface area contributed by atoms with Gasteiger partial charge in [0.15, 0.2) is 0 Å². The molecule has 7 nitrogen and oxygen atoms in total. The number of anilines is 1. The van der Waals surface area contributed by atoms with Crippen LogP contribution in [0.5, 0.6) is 5.88 Å². The van der Waals surface area contributed by atoms with Crippen LogP contribution in [0.15, 0.2) is 53.9 Å². The van der Waals surface area contributed by atoms with Crippen LogP contribution in [0.1, 0.15) is 44.8 Å². The third-order valence-corrected chi connectivity index (χ3v) is 5.94. The monoisotopic (exact) mass is 421 g/mol. The number of carbonyl (C=O) groups is 1. The minimum atomic E-state index is -0.605. The summed E-state index contributed by atoms with van der Waals surface area (Å²) in [4.78, 5) is 22.9. The summed E-state index contributed by atoms with van der Waals surface area (Å²) in [6, 6.07) is 11.1. The molecule has 0 spiro atoms. The molecule has 0 bridgehead atoms. The van der Waals surface area contributed by atoms with Gasteiger partial charge in [0.1, 0.15) is 0 Å². The van der Waals surface area contributed by atoms with Crippen LogP contribution in [-0.2, 0) is 4.79 Å². The normalized spacial score (nSPS) is 14.9. The van der Waals surface area contributed by atoms with Crippen molar-refractivity contribution in [1.29, 1.82) is 0 Å². The molecule has 1 amide bonds. The third-order valence-electron chi connectivity index (χ3n) is 5.02. The van der Waals surface area contributed by atoms with E-state index in [1.807, 2.05) is 36.4 Å². The number of hydrogen-bond acceptors (Lipinski definition) is 6. The van der Waals surface area contributed by atoms with Gasteiger partial charge in [-0.25, -0.2) is 9.88 Å². The second-order valence-electron chi connectivity index (χ2n) is 7.11. The van der Waals surface area contributed by atoms with Gasteiger partial charge in [0, 0.05) is 30.2 Å². The molecular weight excluding hydrogens is 398 g/mol. The first kappa shape index (κ1) is 20.3. The van der Waals surface area contributed by atoms with Crippen LogP contribution < -0.4 is 14.7 Å². The average molecular weight is 422 g/mol. The van der Waals surface area contributed by atoms with Crippen molar-refractivity contribution in [3.63, 3.8) is 0 Å². The van der Waals surface area contributed by atoms with Crippen LogP contribution >= 0.6 is 11.8 Å². The van der Waals surface area contributed by atoms with E-state index < -0.39 is 6.17 Å². The Morgan fingerprint density at radius 3 is 2.80 bits per heavy atom. The molecule has 2 aromatic heterocycles. The lowest BCUT2D eigenvalue weighted by Gasteiger charge is -2.32.